The Morgan fingerprint density at radius 1 is 1.23 bits per heavy atom. The number of hydrogen-bond acceptors (Lipinski definition) is 5. The van der Waals surface area contributed by atoms with Gasteiger partial charge >= 0.3 is 0 Å². The quantitative estimate of drug-likeness (QED) is 0.603. The molecule has 5 rings (SSSR count). The predicted octanol–water partition coefficient (Wildman–Crippen LogP) is 4.00. The van der Waals surface area contributed by atoms with Crippen molar-refractivity contribution in [2.75, 3.05) is 29.5 Å². The zero-order valence-corrected chi connectivity index (χ0v) is 17.7. The molecule has 2 atom stereocenters. The first kappa shape index (κ1) is 20.1. The van der Waals surface area contributed by atoms with E-state index in [9.17, 15) is 14.0 Å². The van der Waals surface area contributed by atoms with Gasteiger partial charge in [0.05, 0.1) is 23.3 Å². The molecule has 8 heteroatoms. The summed E-state index contributed by atoms with van der Waals surface area (Å²) in [6.07, 6.45) is 1.88. The topological polar surface area (TPSA) is 62.7 Å². The van der Waals surface area contributed by atoms with Gasteiger partial charge < -0.3 is 9.64 Å². The summed E-state index contributed by atoms with van der Waals surface area (Å²) in [4.78, 5) is 33.9. The number of fused-ring (bicyclic) bond motifs is 1. The van der Waals surface area contributed by atoms with Gasteiger partial charge in [-0.1, -0.05) is 35.6 Å². The van der Waals surface area contributed by atoms with Crippen LogP contribution in [-0.4, -0.2) is 42.6 Å². The molecule has 2 aliphatic rings. The summed E-state index contributed by atoms with van der Waals surface area (Å²) in [5, 5.41) is 0.450. The number of thiazole rings is 1. The maximum Gasteiger partial charge on any atom is 0.234 e. The number of amides is 2. The number of hydrogen-bond donors (Lipinski definition) is 0. The molecule has 160 valence electrons. The van der Waals surface area contributed by atoms with Crippen molar-refractivity contribution < 1.29 is 18.7 Å². The fraction of sp³-hybridized carbons (Fsp3) is 0.348. The second-order valence-corrected chi connectivity index (χ2v) is 8.92. The summed E-state index contributed by atoms with van der Waals surface area (Å²) in [6, 6.07) is 14.2. The minimum absolute atomic E-state index is 0.0723. The van der Waals surface area contributed by atoms with E-state index in [-0.39, 0.29) is 29.9 Å². The summed E-state index contributed by atoms with van der Waals surface area (Å²) in [6.45, 7) is 1.35. The van der Waals surface area contributed by atoms with Crippen molar-refractivity contribution in [3.05, 3.63) is 54.3 Å². The highest BCUT2D eigenvalue weighted by Crippen LogP contribution is 2.34. The lowest BCUT2D eigenvalue weighted by Crippen LogP contribution is -2.42. The van der Waals surface area contributed by atoms with Gasteiger partial charge in [-0.15, -0.1) is 0 Å². The van der Waals surface area contributed by atoms with Crippen LogP contribution in [0.2, 0.25) is 0 Å². The van der Waals surface area contributed by atoms with Crippen molar-refractivity contribution in [1.82, 2.24) is 4.98 Å². The first-order valence-electron chi connectivity index (χ1n) is 10.4. The van der Waals surface area contributed by atoms with Crippen molar-refractivity contribution in [3.63, 3.8) is 0 Å². The van der Waals surface area contributed by atoms with Crippen molar-refractivity contribution in [2.45, 2.75) is 25.4 Å². The van der Waals surface area contributed by atoms with Crippen LogP contribution in [0.3, 0.4) is 0 Å². The van der Waals surface area contributed by atoms with Crippen LogP contribution < -0.4 is 9.80 Å². The fourth-order valence-electron chi connectivity index (χ4n) is 4.22. The van der Waals surface area contributed by atoms with E-state index in [1.165, 1.54) is 17.4 Å². The molecule has 0 saturated carbocycles. The van der Waals surface area contributed by atoms with E-state index in [0.717, 1.165) is 18.5 Å². The van der Waals surface area contributed by atoms with Crippen LogP contribution >= 0.6 is 11.3 Å². The highest BCUT2D eigenvalue weighted by atomic mass is 32.1. The normalized spacial score (nSPS) is 21.2. The van der Waals surface area contributed by atoms with Gasteiger partial charge in [0.25, 0.3) is 0 Å². The molecule has 2 unspecified atom stereocenters. The van der Waals surface area contributed by atoms with Crippen LogP contribution in [0, 0.1) is 11.7 Å². The number of benzene rings is 2. The van der Waals surface area contributed by atoms with Crippen LogP contribution in [-0.2, 0) is 14.3 Å². The number of carbonyl (C=O) groups is 2. The molecule has 0 aliphatic carbocycles. The van der Waals surface area contributed by atoms with Gasteiger partial charge in [-0.2, -0.15) is 0 Å². The number of halogens is 1. The Bertz CT molecular complexity index is 1110. The molecular formula is C23H22FN3O3S. The van der Waals surface area contributed by atoms with Crippen molar-refractivity contribution in [1.29, 1.82) is 0 Å². The summed E-state index contributed by atoms with van der Waals surface area (Å²) >= 11 is 1.29. The lowest BCUT2D eigenvalue weighted by atomic mass is 10.1. The molecule has 1 aromatic heterocycles. The largest absolute Gasteiger partial charge is 0.376 e. The number of anilines is 2. The van der Waals surface area contributed by atoms with Gasteiger partial charge in [-0.05, 0) is 37.1 Å². The molecule has 0 radical (unpaired) electrons. The molecule has 6 nitrogen and oxygen atoms in total. The lowest BCUT2D eigenvalue weighted by Gasteiger charge is -2.25. The van der Waals surface area contributed by atoms with Gasteiger partial charge in [0.15, 0.2) is 5.13 Å². The zero-order valence-electron chi connectivity index (χ0n) is 16.9. The number of aromatic nitrogens is 1. The first-order chi connectivity index (χ1) is 15.1. The molecule has 2 fully saturated rings. The maximum atomic E-state index is 14.2. The Balaban J connectivity index is 1.44. The second-order valence-electron chi connectivity index (χ2n) is 7.91. The molecule has 2 aliphatic heterocycles. The van der Waals surface area contributed by atoms with E-state index in [2.05, 4.69) is 4.98 Å². The monoisotopic (exact) mass is 439 g/mol. The number of carbonyl (C=O) groups excluding carboxylic acids is 2. The van der Waals surface area contributed by atoms with E-state index >= 15 is 0 Å². The fourth-order valence-corrected chi connectivity index (χ4v) is 5.22. The minimum atomic E-state index is -0.481. The number of para-hydroxylation sites is 2. The Morgan fingerprint density at radius 3 is 2.81 bits per heavy atom. The van der Waals surface area contributed by atoms with Crippen LogP contribution in [0.25, 0.3) is 10.2 Å². The summed E-state index contributed by atoms with van der Waals surface area (Å²) in [5.74, 6) is -1.12. The molecule has 3 heterocycles. The Labute approximate surface area is 183 Å². The van der Waals surface area contributed by atoms with Gasteiger partial charge in [0.1, 0.15) is 11.3 Å². The molecule has 31 heavy (non-hydrogen) atoms. The third-order valence-electron chi connectivity index (χ3n) is 5.81. The van der Waals surface area contributed by atoms with Gasteiger partial charge in [0, 0.05) is 25.3 Å². The van der Waals surface area contributed by atoms with E-state index in [0.29, 0.717) is 29.5 Å². The Hall–Kier alpha value is -2.84. The SMILES string of the molecule is O=C1CC(C(=O)N(CC2CCCO2)c2nc3c(F)cccc3s2)CN1c1ccccc1. The van der Waals surface area contributed by atoms with Crippen molar-refractivity contribution >= 4 is 44.2 Å². The maximum absolute atomic E-state index is 14.2. The number of ether oxygens (including phenoxy) is 1. The minimum Gasteiger partial charge on any atom is -0.376 e. The molecule has 2 amide bonds. The highest BCUT2D eigenvalue weighted by molar-refractivity contribution is 7.22. The molecule has 2 aromatic carbocycles. The number of rotatable bonds is 5. The van der Waals surface area contributed by atoms with Gasteiger partial charge in [0.2, 0.25) is 11.8 Å². The van der Waals surface area contributed by atoms with Gasteiger partial charge in [-0.25, -0.2) is 9.37 Å². The van der Waals surface area contributed by atoms with Crippen LogP contribution in [0.1, 0.15) is 19.3 Å². The third-order valence-corrected chi connectivity index (χ3v) is 6.85. The Kier molecular flexibility index (Phi) is 5.41. The first-order valence-corrected chi connectivity index (χ1v) is 11.3. The van der Waals surface area contributed by atoms with Crippen LogP contribution in [0.5, 0.6) is 0 Å². The predicted molar refractivity (Wildman–Crippen MR) is 118 cm³/mol. The molecule has 2 saturated heterocycles. The smallest absolute Gasteiger partial charge is 0.234 e. The number of nitrogens with zero attached hydrogens (tertiary/aromatic N) is 3. The van der Waals surface area contributed by atoms with Crippen LogP contribution in [0.15, 0.2) is 48.5 Å². The summed E-state index contributed by atoms with van der Waals surface area (Å²) < 4.78 is 20.7. The molecular weight excluding hydrogens is 417 g/mol. The average Bonchev–Trinajstić information content (AvgIpc) is 3.52. The van der Waals surface area contributed by atoms with Crippen LogP contribution in [0.4, 0.5) is 15.2 Å². The zero-order chi connectivity index (χ0) is 21.4. The van der Waals surface area contributed by atoms with Gasteiger partial charge in [-0.3, -0.25) is 14.5 Å². The third kappa shape index (κ3) is 3.93. The van der Waals surface area contributed by atoms with E-state index in [1.807, 2.05) is 30.3 Å². The Morgan fingerprint density at radius 2 is 2.06 bits per heavy atom. The summed E-state index contributed by atoms with van der Waals surface area (Å²) in [7, 11) is 0. The average molecular weight is 440 g/mol. The van der Waals surface area contributed by atoms with E-state index < -0.39 is 11.7 Å². The second kappa shape index (κ2) is 8.36. The molecule has 0 N–H and O–H groups in total. The van der Waals surface area contributed by atoms with E-state index in [4.69, 9.17) is 4.74 Å². The van der Waals surface area contributed by atoms with Crippen molar-refractivity contribution in [2.24, 2.45) is 5.92 Å². The van der Waals surface area contributed by atoms with Crippen molar-refractivity contribution in [3.8, 4) is 0 Å². The molecule has 0 spiro atoms. The summed E-state index contributed by atoms with van der Waals surface area (Å²) in [5.41, 5.74) is 1.05. The molecule has 0 bridgehead atoms. The highest BCUT2D eigenvalue weighted by Gasteiger charge is 2.39. The lowest BCUT2D eigenvalue weighted by molar-refractivity contribution is -0.124. The standard InChI is InChI=1S/C23H22FN3O3S/c24-18-9-4-10-19-21(18)25-23(31-19)27(14-17-8-5-11-30-17)22(29)15-12-20(28)26(13-15)16-6-2-1-3-7-16/h1-4,6-7,9-10,15,17H,5,8,11-14H2. The van der Waals surface area contributed by atoms with E-state index in [1.54, 1.807) is 21.9 Å². The molecule has 3 aromatic rings.